The van der Waals surface area contributed by atoms with Crippen LogP contribution in [-0.2, 0) is 26.2 Å². The summed E-state index contributed by atoms with van der Waals surface area (Å²) in [5.74, 6) is -0.309. The third-order valence-electron chi connectivity index (χ3n) is 5.86. The number of nitrogens with zero attached hydrogens (tertiary/aromatic N) is 2. The van der Waals surface area contributed by atoms with Gasteiger partial charge < -0.3 is 15.0 Å². The van der Waals surface area contributed by atoms with Crippen LogP contribution in [0.5, 0.6) is 5.75 Å². The van der Waals surface area contributed by atoms with Crippen LogP contribution in [0.25, 0.3) is 0 Å². The number of nitrogens with one attached hydrogen (secondary N) is 1. The van der Waals surface area contributed by atoms with Gasteiger partial charge in [-0.25, -0.2) is 8.42 Å². The van der Waals surface area contributed by atoms with E-state index in [4.69, 9.17) is 4.74 Å². The number of hydrogen-bond donors (Lipinski definition) is 1. The number of carbonyl (C=O) groups is 2. The largest absolute Gasteiger partial charge is 0.497 e. The fourth-order valence-electron chi connectivity index (χ4n) is 3.68. The molecule has 190 valence electrons. The maximum absolute atomic E-state index is 13.7. The van der Waals surface area contributed by atoms with Crippen LogP contribution >= 0.6 is 0 Å². The summed E-state index contributed by atoms with van der Waals surface area (Å²) in [5, 5.41) is 2.57. The lowest BCUT2D eigenvalue weighted by molar-refractivity contribution is -0.139. The van der Waals surface area contributed by atoms with Crippen LogP contribution in [0.15, 0.2) is 83.8 Å². The fourth-order valence-corrected chi connectivity index (χ4v) is 5.11. The van der Waals surface area contributed by atoms with Gasteiger partial charge in [-0.1, -0.05) is 48.0 Å². The van der Waals surface area contributed by atoms with E-state index >= 15 is 0 Å². The predicted molar refractivity (Wildman–Crippen MR) is 139 cm³/mol. The highest BCUT2D eigenvalue weighted by Crippen LogP contribution is 2.26. The second-order valence-corrected chi connectivity index (χ2v) is 10.2. The lowest BCUT2D eigenvalue weighted by Gasteiger charge is -2.31. The first-order valence-corrected chi connectivity index (χ1v) is 12.9. The molecule has 3 rings (SSSR count). The van der Waals surface area contributed by atoms with Crippen molar-refractivity contribution in [3.05, 3.63) is 90.0 Å². The van der Waals surface area contributed by atoms with E-state index in [1.54, 1.807) is 49.4 Å². The van der Waals surface area contributed by atoms with Gasteiger partial charge in [0.05, 0.1) is 17.7 Å². The van der Waals surface area contributed by atoms with Gasteiger partial charge in [-0.15, -0.1) is 0 Å². The molecule has 36 heavy (non-hydrogen) atoms. The van der Waals surface area contributed by atoms with Crippen molar-refractivity contribution in [1.82, 2.24) is 10.2 Å². The molecule has 0 aliphatic rings. The molecule has 2 amide bonds. The summed E-state index contributed by atoms with van der Waals surface area (Å²) in [5.41, 5.74) is 2.19. The van der Waals surface area contributed by atoms with Crippen LogP contribution in [0.4, 0.5) is 5.69 Å². The average Bonchev–Trinajstić information content (AvgIpc) is 2.90. The zero-order valence-electron chi connectivity index (χ0n) is 20.8. The van der Waals surface area contributed by atoms with Crippen LogP contribution in [0.3, 0.4) is 0 Å². The predicted octanol–water partition coefficient (Wildman–Crippen LogP) is 3.36. The molecule has 0 bridgehead atoms. The summed E-state index contributed by atoms with van der Waals surface area (Å²) in [6.45, 7) is 3.24. The summed E-state index contributed by atoms with van der Waals surface area (Å²) in [4.78, 5) is 27.6. The first kappa shape index (κ1) is 26.7. The molecule has 0 saturated heterocycles. The van der Waals surface area contributed by atoms with E-state index in [2.05, 4.69) is 5.32 Å². The number of sulfonamides is 1. The van der Waals surface area contributed by atoms with Gasteiger partial charge in [-0.3, -0.25) is 13.9 Å². The molecule has 0 spiro atoms. The monoisotopic (exact) mass is 509 g/mol. The van der Waals surface area contributed by atoms with Gasteiger partial charge in [0.15, 0.2) is 0 Å². The number of amides is 2. The molecular weight excluding hydrogens is 478 g/mol. The molecular formula is C27H31N3O5S. The number of methoxy groups -OCH3 is 1. The van der Waals surface area contributed by atoms with Crippen molar-refractivity contribution < 1.29 is 22.7 Å². The van der Waals surface area contributed by atoms with Gasteiger partial charge in [0.2, 0.25) is 11.8 Å². The molecule has 3 aromatic carbocycles. The lowest BCUT2D eigenvalue weighted by Crippen LogP contribution is -2.50. The minimum atomic E-state index is -4.09. The van der Waals surface area contributed by atoms with Crippen molar-refractivity contribution >= 4 is 27.5 Å². The molecule has 1 atom stereocenters. The van der Waals surface area contributed by atoms with Gasteiger partial charge in [0.25, 0.3) is 10.0 Å². The molecule has 0 aliphatic heterocycles. The van der Waals surface area contributed by atoms with E-state index in [1.807, 2.05) is 31.2 Å². The quantitative estimate of drug-likeness (QED) is 0.452. The topological polar surface area (TPSA) is 96.0 Å². The van der Waals surface area contributed by atoms with Gasteiger partial charge in [0.1, 0.15) is 18.3 Å². The Balaban J connectivity index is 2.01. The van der Waals surface area contributed by atoms with E-state index in [0.29, 0.717) is 11.4 Å². The second-order valence-electron chi connectivity index (χ2n) is 8.32. The number of benzene rings is 3. The van der Waals surface area contributed by atoms with Crippen LogP contribution in [0.1, 0.15) is 18.1 Å². The van der Waals surface area contributed by atoms with Crippen molar-refractivity contribution in [3.63, 3.8) is 0 Å². The molecule has 0 aromatic heterocycles. The SMILES string of the molecule is CNC(=O)[C@@H](C)N(Cc1ccc(C)cc1)C(=O)CN(c1ccc(OC)cc1)S(=O)(=O)c1ccccc1. The number of aryl methyl sites for hydroxylation is 1. The minimum Gasteiger partial charge on any atom is -0.497 e. The zero-order chi connectivity index (χ0) is 26.3. The highest BCUT2D eigenvalue weighted by Gasteiger charge is 2.32. The van der Waals surface area contributed by atoms with Gasteiger partial charge in [-0.05, 0) is 55.8 Å². The Hall–Kier alpha value is -3.85. The van der Waals surface area contributed by atoms with E-state index in [0.717, 1.165) is 15.4 Å². The molecule has 0 unspecified atom stereocenters. The zero-order valence-corrected chi connectivity index (χ0v) is 21.7. The summed E-state index contributed by atoms with van der Waals surface area (Å²) in [6, 6.07) is 21.1. The Kier molecular flexibility index (Phi) is 8.71. The first-order chi connectivity index (χ1) is 17.2. The number of ether oxygens (including phenoxy) is 1. The minimum absolute atomic E-state index is 0.0538. The highest BCUT2D eigenvalue weighted by molar-refractivity contribution is 7.92. The van der Waals surface area contributed by atoms with Crippen LogP contribution in [-0.4, -0.2) is 51.9 Å². The molecule has 3 aromatic rings. The van der Waals surface area contributed by atoms with E-state index in [9.17, 15) is 18.0 Å². The van der Waals surface area contributed by atoms with Gasteiger partial charge >= 0.3 is 0 Å². The molecule has 0 aliphatic carbocycles. The lowest BCUT2D eigenvalue weighted by atomic mass is 10.1. The average molecular weight is 510 g/mol. The number of likely N-dealkylation sites (N-methyl/N-ethyl adjacent to an activating group) is 1. The number of hydrogen-bond acceptors (Lipinski definition) is 5. The van der Waals surface area contributed by atoms with Crippen molar-refractivity contribution in [2.24, 2.45) is 0 Å². The smallest absolute Gasteiger partial charge is 0.264 e. The third kappa shape index (κ3) is 6.23. The van der Waals surface area contributed by atoms with Crippen molar-refractivity contribution in [3.8, 4) is 5.75 Å². The Labute approximate surface area is 212 Å². The number of anilines is 1. The van der Waals surface area contributed by atoms with Gasteiger partial charge in [0, 0.05) is 13.6 Å². The van der Waals surface area contributed by atoms with Crippen molar-refractivity contribution in [2.45, 2.75) is 31.3 Å². The van der Waals surface area contributed by atoms with Crippen LogP contribution < -0.4 is 14.4 Å². The molecule has 0 saturated carbocycles. The number of carbonyl (C=O) groups excluding carboxylic acids is 2. The molecule has 0 fully saturated rings. The second kappa shape index (κ2) is 11.7. The van der Waals surface area contributed by atoms with Crippen molar-refractivity contribution in [2.75, 3.05) is 25.0 Å². The maximum atomic E-state index is 13.7. The van der Waals surface area contributed by atoms with Crippen LogP contribution in [0, 0.1) is 6.92 Å². The van der Waals surface area contributed by atoms with E-state index < -0.39 is 28.5 Å². The third-order valence-corrected chi connectivity index (χ3v) is 7.65. The van der Waals surface area contributed by atoms with Crippen LogP contribution in [0.2, 0.25) is 0 Å². The summed E-state index contributed by atoms with van der Waals surface area (Å²) < 4.78 is 33.5. The van der Waals surface area contributed by atoms with Gasteiger partial charge in [-0.2, -0.15) is 0 Å². The normalized spacial score (nSPS) is 11.9. The Morgan fingerprint density at radius 1 is 0.944 bits per heavy atom. The maximum Gasteiger partial charge on any atom is 0.264 e. The molecule has 0 radical (unpaired) electrons. The van der Waals surface area contributed by atoms with Crippen molar-refractivity contribution in [1.29, 1.82) is 0 Å². The Morgan fingerprint density at radius 3 is 2.11 bits per heavy atom. The summed E-state index contributed by atoms with van der Waals surface area (Å²) in [7, 11) is -1.08. The fraction of sp³-hybridized carbons (Fsp3) is 0.259. The Morgan fingerprint density at radius 2 is 1.56 bits per heavy atom. The Bertz CT molecular complexity index is 1280. The molecule has 0 heterocycles. The molecule has 1 N–H and O–H groups in total. The first-order valence-electron chi connectivity index (χ1n) is 11.5. The number of rotatable bonds is 10. The van der Waals surface area contributed by atoms with E-state index in [1.165, 1.54) is 31.2 Å². The standard InChI is InChI=1S/C27H31N3O5S/c1-20-10-12-22(13-11-20)18-29(21(2)27(32)28-3)26(31)19-30(23-14-16-24(35-4)17-15-23)36(33,34)25-8-6-5-7-9-25/h5-17,21H,18-19H2,1-4H3,(H,28,32)/t21-/m1/s1. The molecule has 9 heteroatoms. The highest BCUT2D eigenvalue weighted by atomic mass is 32.2. The molecule has 8 nitrogen and oxygen atoms in total. The summed E-state index contributed by atoms with van der Waals surface area (Å²) in [6.07, 6.45) is 0. The van der Waals surface area contributed by atoms with E-state index in [-0.39, 0.29) is 17.3 Å². The summed E-state index contributed by atoms with van der Waals surface area (Å²) >= 11 is 0.